The van der Waals surface area contributed by atoms with Gasteiger partial charge < -0.3 is 5.41 Å². The minimum absolute atomic E-state index is 1.10. The topological polar surface area (TPSA) is 36.2 Å². The van der Waals surface area contributed by atoms with Crippen LogP contribution in [0.3, 0.4) is 0 Å². The first kappa shape index (κ1) is 16.0. The van der Waals surface area contributed by atoms with Crippen molar-refractivity contribution < 1.29 is 0 Å². The molecule has 0 amide bonds. The average molecular weight is 142 g/mol. The molecule has 10 heavy (non-hydrogen) atoms. The van der Waals surface area contributed by atoms with Gasteiger partial charge in [-0.1, -0.05) is 34.3 Å². The van der Waals surface area contributed by atoms with Gasteiger partial charge in [0.15, 0.2) is 0 Å². The Hall–Kier alpha value is -0.920. The first-order valence-corrected chi connectivity index (χ1v) is 3.55. The second kappa shape index (κ2) is 42.7. The molecular weight excluding hydrogens is 124 g/mol. The molecule has 0 aliphatic carbocycles. The molecule has 0 saturated carbocycles. The van der Waals surface area contributed by atoms with Crippen molar-refractivity contribution in [2.24, 2.45) is 4.99 Å². The van der Waals surface area contributed by atoms with Crippen LogP contribution in [-0.2, 0) is 0 Å². The summed E-state index contributed by atoms with van der Waals surface area (Å²) in [6.07, 6.45) is 3.83. The fourth-order valence-electron chi connectivity index (χ4n) is 0.104. The highest BCUT2D eigenvalue weighted by Gasteiger charge is 1.48. The first-order valence-electron chi connectivity index (χ1n) is 3.55. The maximum atomic E-state index is 6.38. The SMILES string of the molecule is C=CN=CC=N.CC.CC. The van der Waals surface area contributed by atoms with E-state index in [4.69, 9.17) is 5.41 Å². The molecule has 0 aliphatic rings. The van der Waals surface area contributed by atoms with Crippen molar-refractivity contribution in [3.63, 3.8) is 0 Å². The van der Waals surface area contributed by atoms with E-state index in [1.54, 1.807) is 0 Å². The summed E-state index contributed by atoms with van der Waals surface area (Å²) in [5, 5.41) is 6.38. The molecule has 0 saturated heterocycles. The lowest BCUT2D eigenvalue weighted by atomic mass is 10.8. The molecule has 0 rings (SSSR count). The molecule has 0 atom stereocenters. The maximum absolute atomic E-state index is 6.38. The van der Waals surface area contributed by atoms with Gasteiger partial charge in [0.05, 0.1) is 0 Å². The van der Waals surface area contributed by atoms with Crippen molar-refractivity contribution >= 4 is 12.4 Å². The van der Waals surface area contributed by atoms with E-state index in [0.717, 1.165) is 6.21 Å². The molecule has 0 aromatic heterocycles. The summed E-state index contributed by atoms with van der Waals surface area (Å²) >= 11 is 0. The highest BCUT2D eigenvalue weighted by atomic mass is 14.7. The fraction of sp³-hybridized carbons (Fsp3) is 0.500. The average Bonchev–Trinajstić information content (AvgIpc) is 2.08. The van der Waals surface area contributed by atoms with Gasteiger partial charge in [0.25, 0.3) is 0 Å². The summed E-state index contributed by atoms with van der Waals surface area (Å²) in [7, 11) is 0. The van der Waals surface area contributed by atoms with Crippen molar-refractivity contribution in [1.82, 2.24) is 0 Å². The van der Waals surface area contributed by atoms with E-state index in [-0.39, 0.29) is 0 Å². The number of rotatable bonds is 2. The second-order valence-electron chi connectivity index (χ2n) is 0.647. The lowest BCUT2D eigenvalue weighted by Gasteiger charge is -1.61. The van der Waals surface area contributed by atoms with Crippen LogP contribution in [0.25, 0.3) is 0 Å². The second-order valence-corrected chi connectivity index (χ2v) is 0.647. The molecule has 1 N–H and O–H groups in total. The van der Waals surface area contributed by atoms with Crippen molar-refractivity contribution in [3.05, 3.63) is 12.8 Å². The summed E-state index contributed by atoms with van der Waals surface area (Å²) in [6.45, 7) is 11.3. The molecule has 0 bridgehead atoms. The lowest BCUT2D eigenvalue weighted by molar-refractivity contribution is 1.50. The van der Waals surface area contributed by atoms with Crippen LogP contribution in [0.4, 0.5) is 0 Å². The van der Waals surface area contributed by atoms with Crippen molar-refractivity contribution in [1.29, 1.82) is 5.41 Å². The Morgan fingerprint density at radius 3 is 1.70 bits per heavy atom. The Bertz CT molecular complexity index is 65.3. The summed E-state index contributed by atoms with van der Waals surface area (Å²) in [5.74, 6) is 0. The molecular formula is C8H18N2. The molecule has 0 radical (unpaired) electrons. The normalized spacial score (nSPS) is 6.40. The minimum atomic E-state index is 1.10. The number of hydrogen-bond donors (Lipinski definition) is 1. The van der Waals surface area contributed by atoms with Gasteiger partial charge in [-0.25, -0.2) is 0 Å². The lowest BCUT2D eigenvalue weighted by Crippen LogP contribution is -1.64. The third kappa shape index (κ3) is 60.5. The molecule has 0 aliphatic heterocycles. The molecule has 60 valence electrons. The molecule has 0 aromatic carbocycles. The molecule has 0 unspecified atom stereocenters. The number of aliphatic imine (C=N–C) groups is 1. The van der Waals surface area contributed by atoms with E-state index in [1.165, 1.54) is 12.4 Å². The molecule has 0 aromatic rings. The van der Waals surface area contributed by atoms with Gasteiger partial charge in [0, 0.05) is 18.6 Å². The van der Waals surface area contributed by atoms with Crippen molar-refractivity contribution in [3.8, 4) is 0 Å². The van der Waals surface area contributed by atoms with E-state index in [9.17, 15) is 0 Å². The Balaban J connectivity index is -0.000000105. The van der Waals surface area contributed by atoms with Gasteiger partial charge in [-0.15, -0.1) is 0 Å². The Kier molecular flexibility index (Phi) is 68.5. The van der Waals surface area contributed by atoms with Crippen LogP contribution < -0.4 is 0 Å². The largest absolute Gasteiger partial charge is 0.307 e. The van der Waals surface area contributed by atoms with Crippen LogP contribution in [0.15, 0.2) is 17.8 Å². The van der Waals surface area contributed by atoms with Crippen molar-refractivity contribution in [2.45, 2.75) is 27.7 Å². The Morgan fingerprint density at radius 2 is 1.60 bits per heavy atom. The molecule has 2 heteroatoms. The van der Waals surface area contributed by atoms with Crippen LogP contribution in [0.1, 0.15) is 27.7 Å². The molecule has 0 spiro atoms. The van der Waals surface area contributed by atoms with E-state index in [2.05, 4.69) is 11.6 Å². The third-order valence-electron chi connectivity index (χ3n) is 0.266. The molecule has 0 fully saturated rings. The summed E-state index contributed by atoms with van der Waals surface area (Å²) in [6, 6.07) is 0. The number of hydrogen-bond acceptors (Lipinski definition) is 2. The monoisotopic (exact) mass is 142 g/mol. The van der Waals surface area contributed by atoms with Gasteiger partial charge in [-0.3, -0.25) is 4.99 Å². The van der Waals surface area contributed by atoms with Crippen LogP contribution in [0, 0.1) is 5.41 Å². The van der Waals surface area contributed by atoms with Crippen LogP contribution in [-0.4, -0.2) is 12.4 Å². The van der Waals surface area contributed by atoms with E-state index in [1.807, 2.05) is 27.7 Å². The Morgan fingerprint density at radius 1 is 1.20 bits per heavy atom. The van der Waals surface area contributed by atoms with Gasteiger partial charge >= 0.3 is 0 Å². The predicted molar refractivity (Wildman–Crippen MR) is 50.2 cm³/mol. The van der Waals surface area contributed by atoms with Crippen LogP contribution in [0.2, 0.25) is 0 Å². The smallest absolute Gasteiger partial charge is 0.0443 e. The predicted octanol–water partition coefficient (Wildman–Crippen LogP) is 2.90. The molecule has 2 nitrogen and oxygen atoms in total. The summed E-state index contributed by atoms with van der Waals surface area (Å²) in [4.78, 5) is 3.49. The summed E-state index contributed by atoms with van der Waals surface area (Å²) in [5.41, 5.74) is 0. The zero-order valence-electron chi connectivity index (χ0n) is 7.39. The van der Waals surface area contributed by atoms with Gasteiger partial charge in [0.1, 0.15) is 0 Å². The zero-order chi connectivity index (χ0) is 8.83. The minimum Gasteiger partial charge on any atom is -0.307 e. The fourth-order valence-corrected chi connectivity index (χ4v) is 0.104. The first-order chi connectivity index (χ1) is 4.91. The highest BCUT2D eigenvalue weighted by molar-refractivity contribution is 6.14. The number of nitrogens with zero attached hydrogens (tertiary/aromatic N) is 1. The Labute approximate surface area is 64.2 Å². The van der Waals surface area contributed by atoms with Gasteiger partial charge in [0.2, 0.25) is 0 Å². The number of nitrogens with one attached hydrogen (secondary N) is 1. The quantitative estimate of drug-likeness (QED) is 0.575. The van der Waals surface area contributed by atoms with E-state index in [0.29, 0.717) is 0 Å². The molecule has 0 heterocycles. The standard InChI is InChI=1S/C4H6N2.2C2H6/c1-2-6-4-3-5;2*1-2/h2-5H,1H2;2*1-2H3. The van der Waals surface area contributed by atoms with E-state index < -0.39 is 0 Å². The third-order valence-corrected chi connectivity index (χ3v) is 0.266. The van der Waals surface area contributed by atoms with Crippen LogP contribution >= 0.6 is 0 Å². The summed E-state index contributed by atoms with van der Waals surface area (Å²) < 4.78 is 0. The van der Waals surface area contributed by atoms with Gasteiger partial charge in [-0.2, -0.15) is 0 Å². The van der Waals surface area contributed by atoms with Crippen molar-refractivity contribution in [2.75, 3.05) is 0 Å². The zero-order valence-corrected chi connectivity index (χ0v) is 7.39. The van der Waals surface area contributed by atoms with E-state index >= 15 is 0 Å². The van der Waals surface area contributed by atoms with Gasteiger partial charge in [-0.05, 0) is 0 Å². The highest BCUT2D eigenvalue weighted by Crippen LogP contribution is 1.56. The maximum Gasteiger partial charge on any atom is 0.0443 e. The van der Waals surface area contributed by atoms with Crippen LogP contribution in [0.5, 0.6) is 0 Å².